The molecule has 0 atom stereocenters. The van der Waals surface area contributed by atoms with Crippen molar-refractivity contribution in [3.05, 3.63) is 0 Å². The van der Waals surface area contributed by atoms with E-state index in [9.17, 15) is 0 Å². The van der Waals surface area contributed by atoms with Crippen LogP contribution in [-0.2, 0) is 0 Å². The molecule has 0 radical (unpaired) electrons. The molecule has 0 aliphatic carbocycles. The van der Waals surface area contributed by atoms with Crippen LogP contribution in [0.1, 0.15) is 13.8 Å². The van der Waals surface area contributed by atoms with Gasteiger partial charge in [-0.2, -0.15) is 11.8 Å². The number of hydrogen-bond donors (Lipinski definition) is 2. The van der Waals surface area contributed by atoms with Crippen molar-refractivity contribution in [3.8, 4) is 0 Å². The highest BCUT2D eigenvalue weighted by molar-refractivity contribution is 7.99. The predicted molar refractivity (Wildman–Crippen MR) is 49.7 cm³/mol. The van der Waals surface area contributed by atoms with Gasteiger partial charge in [-0.25, -0.2) is 0 Å². The molecule has 0 fully saturated rings. The van der Waals surface area contributed by atoms with Crippen LogP contribution in [0.5, 0.6) is 0 Å². The molecule has 3 heteroatoms. The van der Waals surface area contributed by atoms with Crippen molar-refractivity contribution in [2.24, 2.45) is 0 Å². The summed E-state index contributed by atoms with van der Waals surface area (Å²) in [5, 5.41) is 11.3. The van der Waals surface area contributed by atoms with Crippen molar-refractivity contribution in [3.63, 3.8) is 0 Å². The summed E-state index contributed by atoms with van der Waals surface area (Å²) in [4.78, 5) is 0. The van der Waals surface area contributed by atoms with Crippen molar-refractivity contribution in [2.75, 3.05) is 31.7 Å². The van der Waals surface area contributed by atoms with Crippen LogP contribution in [0.25, 0.3) is 0 Å². The summed E-state index contributed by atoms with van der Waals surface area (Å²) in [6.07, 6.45) is 0. The van der Waals surface area contributed by atoms with Crippen molar-refractivity contribution in [1.29, 1.82) is 0 Å². The third-order valence-electron chi connectivity index (χ3n) is 0.732. The van der Waals surface area contributed by atoms with Gasteiger partial charge in [0, 0.05) is 18.1 Å². The zero-order valence-corrected chi connectivity index (χ0v) is 8.00. The lowest BCUT2D eigenvalue weighted by Crippen LogP contribution is -2.10. The van der Waals surface area contributed by atoms with Crippen LogP contribution in [-0.4, -0.2) is 36.8 Å². The van der Waals surface area contributed by atoms with E-state index in [0.717, 1.165) is 18.1 Å². The topological polar surface area (TPSA) is 32.3 Å². The third kappa shape index (κ3) is 15.7. The van der Waals surface area contributed by atoms with Gasteiger partial charge < -0.3 is 10.4 Å². The SMILES string of the molecule is CC.CNCCSCCO. The zero-order chi connectivity index (χ0) is 8.24. The van der Waals surface area contributed by atoms with E-state index < -0.39 is 0 Å². The van der Waals surface area contributed by atoms with Crippen LogP contribution < -0.4 is 5.32 Å². The fourth-order valence-electron chi connectivity index (χ4n) is 0.341. The van der Waals surface area contributed by atoms with E-state index in [2.05, 4.69) is 5.32 Å². The summed E-state index contributed by atoms with van der Waals surface area (Å²) in [6.45, 7) is 5.33. The second-order valence-corrected chi connectivity index (χ2v) is 2.66. The van der Waals surface area contributed by atoms with Gasteiger partial charge in [-0.15, -0.1) is 0 Å². The van der Waals surface area contributed by atoms with Crippen molar-refractivity contribution in [1.82, 2.24) is 5.32 Å². The van der Waals surface area contributed by atoms with E-state index in [1.54, 1.807) is 11.8 Å². The van der Waals surface area contributed by atoms with E-state index >= 15 is 0 Å². The smallest absolute Gasteiger partial charge is 0.0521 e. The molecular weight excluding hydrogens is 146 g/mol. The zero-order valence-electron chi connectivity index (χ0n) is 7.18. The Hall–Kier alpha value is 0.270. The van der Waals surface area contributed by atoms with Crippen LogP contribution in [0.4, 0.5) is 0 Å². The highest BCUT2D eigenvalue weighted by Crippen LogP contribution is 1.94. The second kappa shape index (κ2) is 16.1. The fraction of sp³-hybridized carbons (Fsp3) is 1.00. The summed E-state index contributed by atoms with van der Waals surface area (Å²) in [6, 6.07) is 0. The van der Waals surface area contributed by atoms with Crippen molar-refractivity contribution < 1.29 is 5.11 Å². The first kappa shape index (κ1) is 12.9. The molecule has 0 unspecified atom stereocenters. The van der Waals surface area contributed by atoms with Gasteiger partial charge in [-0.3, -0.25) is 0 Å². The Balaban J connectivity index is 0. The molecule has 0 rings (SSSR count). The van der Waals surface area contributed by atoms with E-state index in [4.69, 9.17) is 5.11 Å². The van der Waals surface area contributed by atoms with E-state index in [0.29, 0.717) is 6.61 Å². The van der Waals surface area contributed by atoms with Gasteiger partial charge in [0.15, 0.2) is 0 Å². The summed E-state index contributed by atoms with van der Waals surface area (Å²) >= 11 is 1.77. The molecule has 0 aromatic rings. The summed E-state index contributed by atoms with van der Waals surface area (Å²) in [5.74, 6) is 1.96. The molecule has 0 aromatic heterocycles. The summed E-state index contributed by atoms with van der Waals surface area (Å²) < 4.78 is 0. The van der Waals surface area contributed by atoms with E-state index in [-0.39, 0.29) is 0 Å². The molecular formula is C7H19NOS. The van der Waals surface area contributed by atoms with Crippen molar-refractivity contribution >= 4 is 11.8 Å². The molecule has 2 N–H and O–H groups in total. The maximum atomic E-state index is 8.32. The number of thioether (sulfide) groups is 1. The minimum Gasteiger partial charge on any atom is -0.396 e. The molecule has 2 nitrogen and oxygen atoms in total. The van der Waals surface area contributed by atoms with E-state index in [1.807, 2.05) is 20.9 Å². The lowest BCUT2D eigenvalue weighted by molar-refractivity contribution is 0.322. The van der Waals surface area contributed by atoms with Crippen LogP contribution >= 0.6 is 11.8 Å². The number of hydrogen-bond acceptors (Lipinski definition) is 3. The van der Waals surface area contributed by atoms with Gasteiger partial charge in [0.1, 0.15) is 0 Å². The molecule has 0 saturated heterocycles. The third-order valence-corrected chi connectivity index (χ3v) is 1.70. The molecule has 0 bridgehead atoms. The van der Waals surface area contributed by atoms with Gasteiger partial charge in [0.25, 0.3) is 0 Å². The van der Waals surface area contributed by atoms with Gasteiger partial charge in [-0.05, 0) is 7.05 Å². The molecule has 0 aliphatic rings. The number of aliphatic hydroxyl groups is 1. The highest BCUT2D eigenvalue weighted by atomic mass is 32.2. The Morgan fingerprint density at radius 2 is 1.90 bits per heavy atom. The molecule has 0 spiro atoms. The largest absolute Gasteiger partial charge is 0.396 e. The Bertz CT molecular complexity index is 38.6. The maximum absolute atomic E-state index is 8.32. The molecule has 10 heavy (non-hydrogen) atoms. The average Bonchev–Trinajstić information content (AvgIpc) is 2.02. The number of rotatable bonds is 5. The van der Waals surface area contributed by atoms with E-state index in [1.165, 1.54) is 0 Å². The van der Waals surface area contributed by atoms with Gasteiger partial charge >= 0.3 is 0 Å². The summed E-state index contributed by atoms with van der Waals surface area (Å²) in [7, 11) is 1.93. The molecule has 0 amide bonds. The lowest BCUT2D eigenvalue weighted by atomic mass is 10.8. The molecule has 64 valence electrons. The Morgan fingerprint density at radius 3 is 2.30 bits per heavy atom. The first-order valence-corrected chi connectivity index (χ1v) is 4.90. The summed E-state index contributed by atoms with van der Waals surface area (Å²) in [5.41, 5.74) is 0. The monoisotopic (exact) mass is 165 g/mol. The first-order valence-electron chi connectivity index (χ1n) is 3.75. The van der Waals surface area contributed by atoms with Crippen LogP contribution in [0.3, 0.4) is 0 Å². The van der Waals surface area contributed by atoms with Crippen molar-refractivity contribution in [2.45, 2.75) is 13.8 Å². The minimum atomic E-state index is 0.300. The second-order valence-electron chi connectivity index (χ2n) is 1.44. The molecule has 0 aromatic carbocycles. The maximum Gasteiger partial charge on any atom is 0.0521 e. The van der Waals surface area contributed by atoms with Crippen LogP contribution in [0.15, 0.2) is 0 Å². The Labute approximate surface area is 68.4 Å². The quantitative estimate of drug-likeness (QED) is 0.595. The Kier molecular flexibility index (Phi) is 20.8. The molecule has 0 saturated carbocycles. The van der Waals surface area contributed by atoms with Gasteiger partial charge in [0.05, 0.1) is 6.61 Å². The predicted octanol–water partition coefficient (Wildman–Crippen LogP) is 0.957. The highest BCUT2D eigenvalue weighted by Gasteiger charge is 1.83. The lowest BCUT2D eigenvalue weighted by Gasteiger charge is -1.95. The standard InChI is InChI=1S/C5H13NOS.C2H6/c1-6-2-4-8-5-3-7;1-2/h6-7H,2-5H2,1H3;1-2H3. The Morgan fingerprint density at radius 1 is 1.30 bits per heavy atom. The molecule has 0 heterocycles. The normalized spacial score (nSPS) is 8.40. The van der Waals surface area contributed by atoms with Crippen LogP contribution in [0, 0.1) is 0 Å². The number of aliphatic hydroxyl groups excluding tert-OH is 1. The fourth-order valence-corrected chi connectivity index (χ4v) is 1.02. The minimum absolute atomic E-state index is 0.300. The molecule has 0 aliphatic heterocycles. The number of nitrogens with one attached hydrogen (secondary N) is 1. The van der Waals surface area contributed by atoms with Crippen LogP contribution in [0.2, 0.25) is 0 Å². The first-order chi connectivity index (χ1) is 4.91. The van der Waals surface area contributed by atoms with Gasteiger partial charge in [-0.1, -0.05) is 13.8 Å². The average molecular weight is 165 g/mol. The van der Waals surface area contributed by atoms with Gasteiger partial charge in [0.2, 0.25) is 0 Å².